The van der Waals surface area contributed by atoms with Crippen LogP contribution in [0, 0.1) is 17.8 Å². The van der Waals surface area contributed by atoms with Crippen LogP contribution in [0.3, 0.4) is 0 Å². The van der Waals surface area contributed by atoms with E-state index in [4.69, 9.17) is 9.47 Å². The smallest absolute Gasteiger partial charge is 0.312 e. The normalized spacial score (nSPS) is 33.6. The maximum Gasteiger partial charge on any atom is 0.312 e. The number of fused-ring (bicyclic) bond motifs is 1. The van der Waals surface area contributed by atoms with Crippen LogP contribution in [0.2, 0.25) is 0 Å². The molecule has 34 heavy (non-hydrogen) atoms. The zero-order valence-corrected chi connectivity index (χ0v) is 20.8. The Labute approximate surface area is 202 Å². The number of carbonyl (C=O) groups is 3. The molecule has 3 rings (SSSR count). The highest BCUT2D eigenvalue weighted by atomic mass is 16.6. The first-order chi connectivity index (χ1) is 16.2. The fraction of sp³-hybridized carbons (Fsp3) is 0.731. The SMILES string of the molecule is C=CCCCOC(=O)[C@H]1[C@H]2C(=O)N(CCO)C(C(=O)N(CC=C)CCCC)C23CC(C)[C@]1(C)O3. The molecular weight excluding hydrogens is 436 g/mol. The van der Waals surface area contributed by atoms with Gasteiger partial charge in [-0.15, -0.1) is 13.2 Å². The summed E-state index contributed by atoms with van der Waals surface area (Å²) in [4.78, 5) is 44.1. The maximum absolute atomic E-state index is 13.9. The molecule has 0 aromatic heterocycles. The van der Waals surface area contributed by atoms with Crippen LogP contribution in [0.4, 0.5) is 0 Å². The number of amides is 2. The Hall–Kier alpha value is -2.19. The highest BCUT2D eigenvalue weighted by Gasteiger charge is 2.80. The number of rotatable bonds is 13. The number of esters is 1. The molecule has 3 heterocycles. The fourth-order valence-corrected chi connectivity index (χ4v) is 6.18. The average molecular weight is 477 g/mol. The van der Waals surface area contributed by atoms with Gasteiger partial charge in [-0.1, -0.05) is 32.4 Å². The summed E-state index contributed by atoms with van der Waals surface area (Å²) in [5, 5.41) is 9.73. The molecule has 8 heteroatoms. The van der Waals surface area contributed by atoms with Crippen molar-refractivity contribution in [2.24, 2.45) is 17.8 Å². The van der Waals surface area contributed by atoms with Gasteiger partial charge in [-0.3, -0.25) is 14.4 Å². The molecular formula is C26H40N2O6. The van der Waals surface area contributed by atoms with Crippen molar-refractivity contribution in [2.45, 2.75) is 70.1 Å². The van der Waals surface area contributed by atoms with Crippen LogP contribution in [0.5, 0.6) is 0 Å². The van der Waals surface area contributed by atoms with Crippen molar-refractivity contribution in [1.82, 2.24) is 9.80 Å². The van der Waals surface area contributed by atoms with Crippen LogP contribution in [-0.4, -0.2) is 82.8 Å². The molecule has 0 saturated carbocycles. The third-order valence-corrected chi connectivity index (χ3v) is 7.88. The molecule has 1 spiro atoms. The molecule has 0 aliphatic carbocycles. The summed E-state index contributed by atoms with van der Waals surface area (Å²) in [7, 11) is 0. The van der Waals surface area contributed by atoms with Crippen molar-refractivity contribution in [1.29, 1.82) is 0 Å². The molecule has 0 aromatic rings. The summed E-state index contributed by atoms with van der Waals surface area (Å²) >= 11 is 0. The van der Waals surface area contributed by atoms with E-state index in [1.165, 1.54) is 4.90 Å². The minimum Gasteiger partial charge on any atom is -0.465 e. The number of allylic oxidation sites excluding steroid dienone is 1. The van der Waals surface area contributed by atoms with Gasteiger partial charge in [0.05, 0.1) is 24.7 Å². The van der Waals surface area contributed by atoms with E-state index in [2.05, 4.69) is 20.1 Å². The fourth-order valence-electron chi connectivity index (χ4n) is 6.18. The number of hydrogen-bond donors (Lipinski definition) is 1. The Bertz CT molecular complexity index is 815. The first-order valence-electron chi connectivity index (χ1n) is 12.5. The standard InChI is InChI=1S/C26H40N2O6/c1-6-9-11-16-33-24(32)20-19-22(30)28(14-15-29)21(23(31)27(12-8-3)13-10-7-2)26(19)17-18(4)25(20,5)34-26/h6,8,18-21,29H,1,3,7,9-17H2,2,4-5H3/t18?,19-,20+,21?,25-,26?/m0/s1. The number of aliphatic hydroxyl groups is 1. The molecule has 3 unspecified atom stereocenters. The lowest BCUT2D eigenvalue weighted by atomic mass is 9.62. The van der Waals surface area contributed by atoms with Crippen molar-refractivity contribution in [2.75, 3.05) is 32.8 Å². The second kappa shape index (κ2) is 10.6. The van der Waals surface area contributed by atoms with Crippen LogP contribution in [0.25, 0.3) is 0 Å². The molecule has 0 radical (unpaired) electrons. The van der Waals surface area contributed by atoms with E-state index in [1.807, 2.05) is 13.8 Å². The van der Waals surface area contributed by atoms with Gasteiger partial charge in [0.2, 0.25) is 11.8 Å². The first-order valence-corrected chi connectivity index (χ1v) is 12.5. The zero-order valence-electron chi connectivity index (χ0n) is 20.8. The third-order valence-electron chi connectivity index (χ3n) is 7.88. The highest BCUT2D eigenvalue weighted by molar-refractivity contribution is 5.98. The summed E-state index contributed by atoms with van der Waals surface area (Å²) < 4.78 is 12.2. The maximum atomic E-state index is 13.9. The molecule has 3 fully saturated rings. The Kier molecular flexibility index (Phi) is 8.24. The van der Waals surface area contributed by atoms with Crippen LogP contribution >= 0.6 is 0 Å². The van der Waals surface area contributed by atoms with Crippen LogP contribution in [0.1, 0.15) is 52.9 Å². The minimum absolute atomic E-state index is 0.0127. The van der Waals surface area contributed by atoms with Gasteiger partial charge >= 0.3 is 5.97 Å². The predicted octanol–water partition coefficient (Wildman–Crippen LogP) is 2.31. The van der Waals surface area contributed by atoms with Gasteiger partial charge in [0, 0.05) is 19.6 Å². The second-order valence-electron chi connectivity index (χ2n) is 9.98. The van der Waals surface area contributed by atoms with Crippen molar-refractivity contribution in [3.05, 3.63) is 25.3 Å². The second-order valence-corrected chi connectivity index (χ2v) is 9.98. The zero-order chi connectivity index (χ0) is 25.1. The van der Waals surface area contributed by atoms with Gasteiger partial charge in [-0.2, -0.15) is 0 Å². The molecule has 6 atom stereocenters. The summed E-state index contributed by atoms with van der Waals surface area (Å²) in [5.41, 5.74) is -2.01. The number of aliphatic hydroxyl groups excluding tert-OH is 1. The molecule has 2 amide bonds. The van der Waals surface area contributed by atoms with E-state index in [-0.39, 0.29) is 37.5 Å². The largest absolute Gasteiger partial charge is 0.465 e. The summed E-state index contributed by atoms with van der Waals surface area (Å²) in [6, 6.07) is -0.892. The number of ether oxygens (including phenoxy) is 2. The summed E-state index contributed by atoms with van der Waals surface area (Å²) in [6.45, 7) is 14.3. The van der Waals surface area contributed by atoms with Gasteiger partial charge in [-0.05, 0) is 38.5 Å². The molecule has 3 aliphatic heterocycles. The predicted molar refractivity (Wildman–Crippen MR) is 128 cm³/mol. The minimum atomic E-state index is -1.12. The van der Waals surface area contributed by atoms with Gasteiger partial charge in [-0.25, -0.2) is 0 Å². The number of likely N-dealkylation sites (tertiary alicyclic amines) is 1. The molecule has 3 saturated heterocycles. The molecule has 190 valence electrons. The molecule has 8 nitrogen and oxygen atoms in total. The van der Waals surface area contributed by atoms with Crippen molar-refractivity contribution >= 4 is 17.8 Å². The molecule has 3 aliphatic rings. The van der Waals surface area contributed by atoms with Gasteiger partial charge in [0.25, 0.3) is 0 Å². The van der Waals surface area contributed by atoms with Crippen molar-refractivity contribution in [3.63, 3.8) is 0 Å². The van der Waals surface area contributed by atoms with E-state index in [9.17, 15) is 19.5 Å². The van der Waals surface area contributed by atoms with E-state index >= 15 is 0 Å². The number of carbonyl (C=O) groups excluding carboxylic acids is 3. The van der Waals surface area contributed by atoms with Crippen LogP contribution < -0.4 is 0 Å². The lowest BCUT2D eigenvalue weighted by Gasteiger charge is -2.37. The summed E-state index contributed by atoms with van der Waals surface area (Å²) in [6.07, 6.45) is 7.07. The molecule has 1 N–H and O–H groups in total. The monoisotopic (exact) mass is 476 g/mol. The van der Waals surface area contributed by atoms with Gasteiger partial charge in [0.15, 0.2) is 0 Å². The Morgan fingerprint density at radius 2 is 2.06 bits per heavy atom. The van der Waals surface area contributed by atoms with Gasteiger partial charge in [0.1, 0.15) is 17.6 Å². The Morgan fingerprint density at radius 1 is 1.32 bits per heavy atom. The highest BCUT2D eigenvalue weighted by Crippen LogP contribution is 2.65. The van der Waals surface area contributed by atoms with E-state index < -0.39 is 35.0 Å². The van der Waals surface area contributed by atoms with Crippen molar-refractivity contribution < 1.29 is 29.0 Å². The van der Waals surface area contributed by atoms with Gasteiger partial charge < -0.3 is 24.4 Å². The van der Waals surface area contributed by atoms with E-state index in [0.717, 1.165) is 19.3 Å². The first kappa shape index (κ1) is 26.4. The lowest BCUT2D eigenvalue weighted by Crippen LogP contribution is -2.57. The van der Waals surface area contributed by atoms with Crippen LogP contribution in [0.15, 0.2) is 25.3 Å². The number of hydrogen-bond acceptors (Lipinski definition) is 6. The topological polar surface area (TPSA) is 96.4 Å². The van der Waals surface area contributed by atoms with Crippen molar-refractivity contribution in [3.8, 4) is 0 Å². The Balaban J connectivity index is 1.99. The lowest BCUT2D eigenvalue weighted by molar-refractivity contribution is -0.162. The van der Waals surface area contributed by atoms with E-state index in [0.29, 0.717) is 25.9 Å². The number of nitrogens with zero attached hydrogens (tertiary/aromatic N) is 2. The third kappa shape index (κ3) is 4.19. The Morgan fingerprint density at radius 3 is 2.68 bits per heavy atom. The number of β-amino-alcohol motifs (C(OH)–C–C–N with tert-alkyl or cyclic N) is 1. The van der Waals surface area contributed by atoms with E-state index in [1.54, 1.807) is 17.1 Å². The quantitative estimate of drug-likeness (QED) is 0.249. The molecule has 0 aromatic carbocycles. The van der Waals surface area contributed by atoms with Crippen LogP contribution in [-0.2, 0) is 23.9 Å². The number of unbranched alkanes of at least 4 members (excludes halogenated alkanes) is 2. The summed E-state index contributed by atoms with van der Waals surface area (Å²) in [5.74, 6) is -2.63. The average Bonchev–Trinajstić information content (AvgIpc) is 3.31. The molecule has 2 bridgehead atoms.